The number of fused-ring (bicyclic) bond motifs is 1. The standard InChI is InChI=1S/C41H59N13O3/c1-27(2)19-32(22-52-24-34(46-50-52)40(56)57-7)44-39(55)35(20-28(3)4)53-23-31(45-51-53)17-12-18-42-25-41(5,6)26-43-37-33(29-15-11-16-29)21-36-47-48-38(54(36)49-37)30-13-9-8-10-14-30/h8-10,13-14,21,23-24,27-29,32,35,42H,11-12,15-20,22,25-26H2,1-7H3,(H,43,49)(H,44,55). The lowest BCUT2D eigenvalue weighted by Gasteiger charge is -2.30. The molecule has 0 aliphatic heterocycles. The zero-order chi connectivity index (χ0) is 40.5. The van der Waals surface area contributed by atoms with E-state index in [1.54, 1.807) is 15.6 Å². The van der Waals surface area contributed by atoms with Crippen molar-refractivity contribution in [3.63, 3.8) is 0 Å². The van der Waals surface area contributed by atoms with E-state index in [9.17, 15) is 9.59 Å². The Morgan fingerprint density at radius 1 is 0.947 bits per heavy atom. The van der Waals surface area contributed by atoms with Crippen LogP contribution in [-0.4, -0.2) is 94.5 Å². The maximum Gasteiger partial charge on any atom is 0.360 e. The third kappa shape index (κ3) is 11.0. The Morgan fingerprint density at radius 3 is 2.42 bits per heavy atom. The summed E-state index contributed by atoms with van der Waals surface area (Å²) in [4.78, 5) is 25.7. The second-order valence-electron chi connectivity index (χ2n) is 17.0. The number of nitrogens with zero attached hydrogens (tertiary/aromatic N) is 10. The molecule has 6 rings (SSSR count). The first kappa shape index (κ1) is 41.4. The minimum Gasteiger partial charge on any atom is -0.464 e. The normalized spacial score (nSPS) is 14.5. The lowest BCUT2D eigenvalue weighted by molar-refractivity contribution is -0.126. The average Bonchev–Trinajstić information content (AvgIpc) is 3.92. The van der Waals surface area contributed by atoms with E-state index < -0.39 is 12.0 Å². The number of nitrogens with one attached hydrogen (secondary N) is 3. The monoisotopic (exact) mass is 781 g/mol. The molecule has 5 aromatic rings. The molecule has 1 amide bonds. The number of anilines is 1. The van der Waals surface area contributed by atoms with E-state index in [0.717, 1.165) is 67.4 Å². The summed E-state index contributed by atoms with van der Waals surface area (Å²) in [5.74, 6) is 2.05. The molecule has 0 spiro atoms. The van der Waals surface area contributed by atoms with Crippen LogP contribution in [0.3, 0.4) is 0 Å². The highest BCUT2D eigenvalue weighted by Crippen LogP contribution is 2.40. The van der Waals surface area contributed by atoms with Crippen LogP contribution in [0.2, 0.25) is 0 Å². The zero-order valence-electron chi connectivity index (χ0n) is 34.5. The molecule has 0 saturated heterocycles. The van der Waals surface area contributed by atoms with Gasteiger partial charge >= 0.3 is 5.97 Å². The molecule has 1 aliphatic carbocycles. The first-order valence-corrected chi connectivity index (χ1v) is 20.3. The molecule has 1 aromatic carbocycles. The van der Waals surface area contributed by atoms with Gasteiger partial charge in [-0.2, -0.15) is 4.52 Å². The highest BCUT2D eigenvalue weighted by molar-refractivity contribution is 5.86. The van der Waals surface area contributed by atoms with Crippen molar-refractivity contribution in [3.05, 3.63) is 65.7 Å². The lowest BCUT2D eigenvalue weighted by Crippen LogP contribution is -2.43. The van der Waals surface area contributed by atoms with Crippen molar-refractivity contribution in [2.75, 3.05) is 32.1 Å². The number of methoxy groups -OCH3 is 1. The van der Waals surface area contributed by atoms with E-state index in [4.69, 9.17) is 9.84 Å². The highest BCUT2D eigenvalue weighted by atomic mass is 16.5. The molecule has 0 radical (unpaired) electrons. The Labute approximate surface area is 334 Å². The van der Waals surface area contributed by atoms with E-state index in [0.29, 0.717) is 24.8 Å². The molecular formula is C41H59N13O3. The van der Waals surface area contributed by atoms with Crippen molar-refractivity contribution in [2.24, 2.45) is 17.3 Å². The third-order valence-electron chi connectivity index (χ3n) is 10.4. The van der Waals surface area contributed by atoms with Crippen molar-refractivity contribution in [2.45, 2.75) is 111 Å². The Balaban J connectivity index is 1.01. The minimum absolute atomic E-state index is 0.0471. The molecule has 16 heteroatoms. The van der Waals surface area contributed by atoms with Crippen LogP contribution in [0.4, 0.5) is 5.82 Å². The molecule has 16 nitrogen and oxygen atoms in total. The van der Waals surface area contributed by atoms with Crippen molar-refractivity contribution in [3.8, 4) is 11.4 Å². The quantitative estimate of drug-likeness (QED) is 0.0628. The fraction of sp³-hybridized carbons (Fsp3) is 0.585. The SMILES string of the molecule is COC(=O)c1cn(CC(CC(C)C)NC(=O)C(CC(C)C)n2cc(CCCNCC(C)(C)CNc3nn4c(-c5ccccc5)nnc4cc3C3CCC3)nn2)nn1. The number of carbonyl (C=O) groups excluding carboxylic acids is 2. The van der Waals surface area contributed by atoms with Gasteiger partial charge in [0.05, 0.1) is 25.5 Å². The maximum absolute atomic E-state index is 13.8. The van der Waals surface area contributed by atoms with E-state index in [2.05, 4.69) is 94.4 Å². The largest absolute Gasteiger partial charge is 0.464 e. The summed E-state index contributed by atoms with van der Waals surface area (Å²) in [6, 6.07) is 11.5. The Kier molecular flexibility index (Phi) is 13.6. The molecule has 0 bridgehead atoms. The summed E-state index contributed by atoms with van der Waals surface area (Å²) in [7, 11) is 1.30. The molecular weight excluding hydrogens is 723 g/mol. The van der Waals surface area contributed by atoms with Gasteiger partial charge in [0.15, 0.2) is 23.0 Å². The van der Waals surface area contributed by atoms with Crippen LogP contribution in [0, 0.1) is 17.3 Å². The fourth-order valence-corrected chi connectivity index (χ4v) is 7.21. The van der Waals surface area contributed by atoms with Crippen LogP contribution in [0.15, 0.2) is 48.8 Å². The van der Waals surface area contributed by atoms with Gasteiger partial charge in [0.25, 0.3) is 0 Å². The lowest BCUT2D eigenvalue weighted by atomic mass is 9.80. The van der Waals surface area contributed by atoms with Gasteiger partial charge in [0, 0.05) is 36.5 Å². The number of hydrogen-bond donors (Lipinski definition) is 3. The van der Waals surface area contributed by atoms with E-state index in [-0.39, 0.29) is 29.0 Å². The molecule has 306 valence electrons. The topological polar surface area (TPSA) is 184 Å². The smallest absolute Gasteiger partial charge is 0.360 e. The fourth-order valence-electron chi connectivity index (χ4n) is 7.21. The Hall–Kier alpha value is -5.25. The number of aromatic nitrogens is 10. The number of ether oxygens (including phenoxy) is 1. The van der Waals surface area contributed by atoms with Crippen molar-refractivity contribution < 1.29 is 14.3 Å². The van der Waals surface area contributed by atoms with Gasteiger partial charge in [-0.15, -0.1) is 25.5 Å². The van der Waals surface area contributed by atoms with Gasteiger partial charge in [-0.1, -0.05) is 88.7 Å². The van der Waals surface area contributed by atoms with E-state index in [1.165, 1.54) is 31.9 Å². The molecule has 1 saturated carbocycles. The number of hydrogen-bond acceptors (Lipinski definition) is 12. The van der Waals surface area contributed by atoms with E-state index in [1.807, 2.05) is 41.0 Å². The van der Waals surface area contributed by atoms with Crippen LogP contribution in [0.25, 0.3) is 17.0 Å². The Morgan fingerprint density at radius 2 is 1.72 bits per heavy atom. The van der Waals surface area contributed by atoms with Gasteiger partial charge in [-0.25, -0.2) is 14.2 Å². The van der Waals surface area contributed by atoms with Crippen molar-refractivity contribution >= 4 is 23.3 Å². The molecule has 2 atom stereocenters. The Bertz CT molecular complexity index is 2070. The van der Waals surface area contributed by atoms with Crippen molar-refractivity contribution in [1.82, 2.24) is 60.4 Å². The average molecular weight is 782 g/mol. The van der Waals surface area contributed by atoms with Crippen LogP contribution in [0.1, 0.15) is 114 Å². The highest BCUT2D eigenvalue weighted by Gasteiger charge is 2.28. The predicted molar refractivity (Wildman–Crippen MR) is 218 cm³/mol. The van der Waals surface area contributed by atoms with Gasteiger partial charge < -0.3 is 20.7 Å². The molecule has 2 unspecified atom stereocenters. The number of amides is 1. The van der Waals surface area contributed by atoms with Gasteiger partial charge in [-0.05, 0) is 74.3 Å². The summed E-state index contributed by atoms with van der Waals surface area (Å²) in [6.07, 6.45) is 9.98. The molecule has 1 aliphatic rings. The van der Waals surface area contributed by atoms with Crippen molar-refractivity contribution in [1.29, 1.82) is 0 Å². The third-order valence-corrected chi connectivity index (χ3v) is 10.4. The number of benzene rings is 1. The number of aryl methyl sites for hydroxylation is 1. The zero-order valence-corrected chi connectivity index (χ0v) is 34.5. The van der Waals surface area contributed by atoms with Gasteiger partial charge in [0.1, 0.15) is 6.04 Å². The second kappa shape index (κ2) is 18.8. The summed E-state index contributed by atoms with van der Waals surface area (Å²) in [5, 5.41) is 41.4. The van der Waals surface area contributed by atoms with Gasteiger partial charge in [-0.3, -0.25) is 4.79 Å². The summed E-state index contributed by atoms with van der Waals surface area (Å²) < 4.78 is 9.89. The number of carbonyl (C=O) groups is 2. The van der Waals surface area contributed by atoms with Crippen LogP contribution >= 0.6 is 0 Å². The van der Waals surface area contributed by atoms with E-state index >= 15 is 0 Å². The summed E-state index contributed by atoms with van der Waals surface area (Å²) >= 11 is 0. The summed E-state index contributed by atoms with van der Waals surface area (Å²) in [5.41, 5.74) is 3.91. The molecule has 3 N–H and O–H groups in total. The number of esters is 1. The molecule has 4 aromatic heterocycles. The van der Waals surface area contributed by atoms with Gasteiger partial charge in [0.2, 0.25) is 5.91 Å². The summed E-state index contributed by atoms with van der Waals surface area (Å²) in [6.45, 7) is 15.7. The van der Waals surface area contributed by atoms with Crippen LogP contribution in [-0.2, 0) is 22.5 Å². The second-order valence-corrected chi connectivity index (χ2v) is 17.0. The van der Waals surface area contributed by atoms with Crippen LogP contribution < -0.4 is 16.0 Å². The number of rotatable bonds is 21. The molecule has 1 fully saturated rings. The first-order chi connectivity index (χ1) is 27.4. The first-order valence-electron chi connectivity index (χ1n) is 20.3. The molecule has 4 heterocycles. The van der Waals surface area contributed by atoms with Crippen LogP contribution in [0.5, 0.6) is 0 Å². The minimum atomic E-state index is -0.552. The maximum atomic E-state index is 13.8. The molecule has 57 heavy (non-hydrogen) atoms. The predicted octanol–water partition coefficient (Wildman–Crippen LogP) is 5.51.